The Balaban J connectivity index is 2.58. The van der Waals surface area contributed by atoms with E-state index in [4.69, 9.17) is 0 Å². The predicted molar refractivity (Wildman–Crippen MR) is 79.3 cm³/mol. The molecule has 0 bridgehead atoms. The zero-order valence-electron chi connectivity index (χ0n) is 10.4. The zero-order valence-corrected chi connectivity index (χ0v) is 13.6. The molecule has 0 amide bonds. The van der Waals surface area contributed by atoms with Gasteiger partial charge < -0.3 is 10.4 Å². The van der Waals surface area contributed by atoms with E-state index in [0.29, 0.717) is 12.0 Å². The van der Waals surface area contributed by atoms with Gasteiger partial charge in [0.15, 0.2) is 0 Å². The number of hydrogen-bond donors (Lipinski definition) is 2. The van der Waals surface area contributed by atoms with Gasteiger partial charge in [-0.05, 0) is 68.8 Å². The lowest BCUT2D eigenvalue weighted by Crippen LogP contribution is -2.26. The number of phenolic OH excluding ortho intramolecular Hbond substituents is 1. The highest BCUT2D eigenvalue weighted by Crippen LogP contribution is 2.33. The monoisotopic (exact) mass is 363 g/mol. The average Bonchev–Trinajstić information content (AvgIpc) is 2.22. The fourth-order valence-electron chi connectivity index (χ4n) is 1.80. The molecule has 0 fully saturated rings. The highest BCUT2D eigenvalue weighted by molar-refractivity contribution is 9.11. The van der Waals surface area contributed by atoms with E-state index in [1.807, 2.05) is 12.1 Å². The SMILES string of the molecule is CC(C)CC(C)NCc1cc(Br)c(O)c(Br)c1. The molecule has 1 aromatic carbocycles. The van der Waals surface area contributed by atoms with Crippen molar-refractivity contribution in [3.63, 3.8) is 0 Å². The first-order valence-electron chi connectivity index (χ1n) is 5.80. The minimum absolute atomic E-state index is 0.254. The largest absolute Gasteiger partial charge is 0.506 e. The molecule has 0 saturated heterocycles. The summed E-state index contributed by atoms with van der Waals surface area (Å²) in [5.41, 5.74) is 1.15. The fraction of sp³-hybridized carbons (Fsp3) is 0.538. The Kier molecular flexibility index (Phi) is 5.97. The van der Waals surface area contributed by atoms with Crippen molar-refractivity contribution >= 4 is 31.9 Å². The van der Waals surface area contributed by atoms with Crippen molar-refractivity contribution < 1.29 is 5.11 Å². The Hall–Kier alpha value is -0.0600. The number of benzene rings is 1. The van der Waals surface area contributed by atoms with E-state index in [-0.39, 0.29) is 5.75 Å². The Bertz CT molecular complexity index is 357. The van der Waals surface area contributed by atoms with Crippen LogP contribution in [0.1, 0.15) is 32.8 Å². The van der Waals surface area contributed by atoms with Gasteiger partial charge in [0.2, 0.25) is 0 Å². The number of rotatable bonds is 5. The lowest BCUT2D eigenvalue weighted by Gasteiger charge is -2.16. The van der Waals surface area contributed by atoms with Crippen molar-refractivity contribution in [3.05, 3.63) is 26.6 Å². The smallest absolute Gasteiger partial charge is 0.143 e. The second-order valence-electron chi connectivity index (χ2n) is 4.82. The number of phenols is 1. The third-order valence-corrected chi connectivity index (χ3v) is 3.77. The second kappa shape index (κ2) is 6.76. The molecule has 1 aromatic rings. The third-order valence-electron chi connectivity index (χ3n) is 2.56. The number of halogens is 2. The van der Waals surface area contributed by atoms with Crippen LogP contribution in [0.25, 0.3) is 0 Å². The minimum atomic E-state index is 0.254. The fourth-order valence-corrected chi connectivity index (χ4v) is 3.08. The van der Waals surface area contributed by atoms with Crippen molar-refractivity contribution in [3.8, 4) is 5.75 Å². The molecule has 0 saturated carbocycles. The molecule has 0 aliphatic heterocycles. The summed E-state index contributed by atoms with van der Waals surface area (Å²) in [6.45, 7) is 7.47. The zero-order chi connectivity index (χ0) is 13.0. The highest BCUT2D eigenvalue weighted by Gasteiger charge is 2.08. The lowest BCUT2D eigenvalue weighted by molar-refractivity contribution is 0.440. The Labute approximate surface area is 120 Å². The van der Waals surface area contributed by atoms with E-state index in [1.54, 1.807) is 0 Å². The maximum absolute atomic E-state index is 9.61. The topological polar surface area (TPSA) is 32.3 Å². The van der Waals surface area contributed by atoms with E-state index in [0.717, 1.165) is 21.1 Å². The molecule has 0 aliphatic carbocycles. The lowest BCUT2D eigenvalue weighted by atomic mass is 10.1. The maximum atomic E-state index is 9.61. The van der Waals surface area contributed by atoms with Gasteiger partial charge in [-0.1, -0.05) is 13.8 Å². The summed E-state index contributed by atoms with van der Waals surface area (Å²) in [4.78, 5) is 0. The molecule has 0 spiro atoms. The van der Waals surface area contributed by atoms with Gasteiger partial charge in [-0.2, -0.15) is 0 Å². The second-order valence-corrected chi connectivity index (χ2v) is 6.53. The van der Waals surface area contributed by atoms with Crippen LogP contribution in [0, 0.1) is 5.92 Å². The molecular weight excluding hydrogens is 346 g/mol. The highest BCUT2D eigenvalue weighted by atomic mass is 79.9. The van der Waals surface area contributed by atoms with Crippen molar-refractivity contribution in [1.82, 2.24) is 5.32 Å². The van der Waals surface area contributed by atoms with Crippen LogP contribution in [0.15, 0.2) is 21.1 Å². The molecular formula is C13H19Br2NO. The minimum Gasteiger partial charge on any atom is -0.506 e. The summed E-state index contributed by atoms with van der Waals surface area (Å²) < 4.78 is 1.44. The maximum Gasteiger partial charge on any atom is 0.143 e. The molecule has 1 rings (SSSR count). The summed E-state index contributed by atoms with van der Waals surface area (Å²) in [6, 6.07) is 4.38. The predicted octanol–water partition coefficient (Wildman–Crippen LogP) is 4.44. The van der Waals surface area contributed by atoms with E-state index < -0.39 is 0 Å². The summed E-state index contributed by atoms with van der Waals surface area (Å²) in [6.07, 6.45) is 1.17. The Morgan fingerprint density at radius 2 is 1.71 bits per heavy atom. The number of hydrogen-bond acceptors (Lipinski definition) is 2. The van der Waals surface area contributed by atoms with Crippen LogP contribution < -0.4 is 5.32 Å². The van der Waals surface area contributed by atoms with Crippen LogP contribution in [0.4, 0.5) is 0 Å². The molecule has 0 aromatic heterocycles. The van der Waals surface area contributed by atoms with Gasteiger partial charge in [-0.3, -0.25) is 0 Å². The molecule has 0 aliphatic rings. The van der Waals surface area contributed by atoms with Crippen LogP contribution in [0.2, 0.25) is 0 Å². The first-order chi connectivity index (χ1) is 7.90. The normalized spacial score (nSPS) is 13.1. The first-order valence-corrected chi connectivity index (χ1v) is 7.39. The molecule has 2 nitrogen and oxygen atoms in total. The van der Waals surface area contributed by atoms with Gasteiger partial charge in [0.05, 0.1) is 8.95 Å². The van der Waals surface area contributed by atoms with Gasteiger partial charge in [0.25, 0.3) is 0 Å². The van der Waals surface area contributed by atoms with Gasteiger partial charge in [0, 0.05) is 12.6 Å². The first kappa shape index (κ1) is 15.0. The van der Waals surface area contributed by atoms with Crippen molar-refractivity contribution in [2.75, 3.05) is 0 Å². The molecule has 0 heterocycles. The molecule has 96 valence electrons. The third kappa shape index (κ3) is 4.98. The molecule has 1 atom stereocenters. The van der Waals surface area contributed by atoms with Crippen LogP contribution in [0.3, 0.4) is 0 Å². The summed E-state index contributed by atoms with van der Waals surface area (Å²) >= 11 is 6.67. The van der Waals surface area contributed by atoms with E-state index >= 15 is 0 Å². The van der Waals surface area contributed by atoms with Gasteiger partial charge >= 0.3 is 0 Å². The van der Waals surface area contributed by atoms with Crippen molar-refractivity contribution in [1.29, 1.82) is 0 Å². The van der Waals surface area contributed by atoms with Gasteiger partial charge in [-0.25, -0.2) is 0 Å². The standard InChI is InChI=1S/C13H19Br2NO/c1-8(2)4-9(3)16-7-10-5-11(14)13(17)12(15)6-10/h5-6,8-9,16-17H,4,7H2,1-3H3. The van der Waals surface area contributed by atoms with E-state index in [1.165, 1.54) is 6.42 Å². The molecule has 4 heteroatoms. The van der Waals surface area contributed by atoms with Crippen LogP contribution in [0.5, 0.6) is 5.75 Å². The molecule has 1 unspecified atom stereocenters. The average molecular weight is 365 g/mol. The number of nitrogens with one attached hydrogen (secondary N) is 1. The van der Waals surface area contributed by atoms with Crippen molar-refractivity contribution in [2.24, 2.45) is 5.92 Å². The summed E-state index contributed by atoms with van der Waals surface area (Å²) in [7, 11) is 0. The van der Waals surface area contributed by atoms with E-state index in [9.17, 15) is 5.11 Å². The molecule has 0 radical (unpaired) electrons. The van der Waals surface area contributed by atoms with Crippen LogP contribution in [-0.2, 0) is 6.54 Å². The van der Waals surface area contributed by atoms with Gasteiger partial charge in [0.1, 0.15) is 5.75 Å². The molecule has 2 N–H and O–H groups in total. The quantitative estimate of drug-likeness (QED) is 0.809. The summed E-state index contributed by atoms with van der Waals surface area (Å²) in [5.74, 6) is 0.958. The Morgan fingerprint density at radius 3 is 2.18 bits per heavy atom. The van der Waals surface area contributed by atoms with Crippen LogP contribution in [-0.4, -0.2) is 11.1 Å². The molecule has 17 heavy (non-hydrogen) atoms. The summed E-state index contributed by atoms with van der Waals surface area (Å²) in [5, 5.41) is 13.1. The Morgan fingerprint density at radius 1 is 1.18 bits per heavy atom. The van der Waals surface area contributed by atoms with Crippen LogP contribution >= 0.6 is 31.9 Å². The number of aromatic hydroxyl groups is 1. The van der Waals surface area contributed by atoms with E-state index in [2.05, 4.69) is 57.9 Å². The van der Waals surface area contributed by atoms with Gasteiger partial charge in [-0.15, -0.1) is 0 Å². The van der Waals surface area contributed by atoms with Crippen molar-refractivity contribution in [2.45, 2.75) is 39.8 Å².